The first-order valence-electron chi connectivity index (χ1n) is 7.36. The minimum absolute atomic E-state index is 0.00297. The second kappa shape index (κ2) is 5.48. The van der Waals surface area contributed by atoms with Gasteiger partial charge in [0.15, 0.2) is 0 Å². The highest BCUT2D eigenvalue weighted by Gasteiger charge is 2.22. The number of nitrogens with zero attached hydrogens (tertiary/aromatic N) is 2. The summed E-state index contributed by atoms with van der Waals surface area (Å²) in [6.45, 7) is 1.43. The van der Waals surface area contributed by atoms with E-state index in [2.05, 4.69) is 0 Å². The highest BCUT2D eigenvalue weighted by Crippen LogP contribution is 2.22. The minimum Gasteiger partial charge on any atom is -0.340 e. The van der Waals surface area contributed by atoms with Crippen molar-refractivity contribution in [1.29, 1.82) is 0 Å². The number of nitrogens with two attached hydrogens (primary N) is 1. The van der Waals surface area contributed by atoms with Gasteiger partial charge in [0, 0.05) is 37.1 Å². The molecule has 1 amide bonds. The van der Waals surface area contributed by atoms with E-state index < -0.39 is 0 Å². The van der Waals surface area contributed by atoms with E-state index in [9.17, 15) is 9.18 Å². The van der Waals surface area contributed by atoms with Gasteiger partial charge in [0.05, 0.1) is 0 Å². The maximum atomic E-state index is 13.3. The van der Waals surface area contributed by atoms with Gasteiger partial charge in [-0.1, -0.05) is 0 Å². The topological polar surface area (TPSA) is 51.3 Å². The molecule has 3 rings (SSSR count). The van der Waals surface area contributed by atoms with Crippen LogP contribution in [0.15, 0.2) is 24.3 Å². The number of fused-ring (bicyclic) bond motifs is 1. The lowest BCUT2D eigenvalue weighted by Gasteiger charge is -2.20. The smallest absolute Gasteiger partial charge is 0.270 e. The molecule has 0 bridgehead atoms. The van der Waals surface area contributed by atoms with Crippen LogP contribution in [0.3, 0.4) is 0 Å². The fourth-order valence-corrected chi connectivity index (χ4v) is 3.01. The van der Waals surface area contributed by atoms with Crippen molar-refractivity contribution in [1.82, 2.24) is 9.47 Å². The summed E-state index contributed by atoms with van der Waals surface area (Å²) in [4.78, 5) is 14.6. The summed E-state index contributed by atoms with van der Waals surface area (Å²) in [5, 5.41) is 0.757. The van der Waals surface area contributed by atoms with Crippen LogP contribution in [-0.4, -0.2) is 34.5 Å². The minimum atomic E-state index is -0.284. The molecule has 1 aromatic heterocycles. The third-order valence-electron chi connectivity index (χ3n) is 4.28. The van der Waals surface area contributed by atoms with Gasteiger partial charge in [0.1, 0.15) is 11.5 Å². The summed E-state index contributed by atoms with van der Waals surface area (Å²) in [6, 6.07) is 6.54. The Morgan fingerprint density at radius 3 is 2.90 bits per heavy atom. The van der Waals surface area contributed by atoms with Gasteiger partial charge in [-0.05, 0) is 43.5 Å². The maximum absolute atomic E-state index is 13.3. The van der Waals surface area contributed by atoms with Crippen LogP contribution in [0.1, 0.15) is 29.8 Å². The Balaban J connectivity index is 1.92. The van der Waals surface area contributed by atoms with Crippen LogP contribution in [0.4, 0.5) is 4.39 Å². The number of carbonyl (C=O) groups excluding carboxylic acids is 1. The third-order valence-corrected chi connectivity index (χ3v) is 4.28. The van der Waals surface area contributed by atoms with Crippen LogP contribution in [0.25, 0.3) is 10.9 Å². The Morgan fingerprint density at radius 2 is 2.10 bits per heavy atom. The van der Waals surface area contributed by atoms with E-state index in [1.807, 2.05) is 16.5 Å². The molecule has 2 heterocycles. The number of hydrogen-bond acceptors (Lipinski definition) is 2. The lowest BCUT2D eigenvalue weighted by Crippen LogP contribution is -2.33. The van der Waals surface area contributed by atoms with Crippen molar-refractivity contribution in [3.05, 3.63) is 35.8 Å². The molecular formula is C16H20FN3O. The number of likely N-dealkylation sites (tertiary alicyclic amines) is 1. The van der Waals surface area contributed by atoms with E-state index in [1.165, 1.54) is 12.1 Å². The number of rotatable bonds is 1. The molecule has 1 aliphatic rings. The van der Waals surface area contributed by atoms with E-state index in [4.69, 9.17) is 5.73 Å². The monoisotopic (exact) mass is 289 g/mol. The first-order chi connectivity index (χ1) is 10.1. The van der Waals surface area contributed by atoms with Gasteiger partial charge in [0.25, 0.3) is 5.91 Å². The lowest BCUT2D eigenvalue weighted by molar-refractivity contribution is 0.0752. The number of benzene rings is 1. The van der Waals surface area contributed by atoms with Gasteiger partial charge in [-0.15, -0.1) is 0 Å². The second-order valence-electron chi connectivity index (χ2n) is 5.77. The fraction of sp³-hybridized carbons (Fsp3) is 0.438. The van der Waals surface area contributed by atoms with E-state index in [0.29, 0.717) is 12.2 Å². The fourth-order valence-electron chi connectivity index (χ4n) is 3.01. The predicted octanol–water partition coefficient (Wildman–Crippen LogP) is 2.27. The number of hydrogen-bond donors (Lipinski definition) is 1. The van der Waals surface area contributed by atoms with Crippen LogP contribution in [0.2, 0.25) is 0 Å². The van der Waals surface area contributed by atoms with E-state index >= 15 is 0 Å². The van der Waals surface area contributed by atoms with E-state index in [0.717, 1.165) is 36.7 Å². The van der Waals surface area contributed by atoms with Crippen molar-refractivity contribution in [2.75, 3.05) is 13.1 Å². The normalized spacial score (nSPS) is 19.8. The largest absolute Gasteiger partial charge is 0.340 e. The number of carbonyl (C=O) groups is 1. The molecule has 21 heavy (non-hydrogen) atoms. The predicted molar refractivity (Wildman–Crippen MR) is 80.6 cm³/mol. The number of halogens is 1. The molecule has 1 aromatic carbocycles. The molecule has 4 nitrogen and oxygen atoms in total. The van der Waals surface area contributed by atoms with Crippen molar-refractivity contribution >= 4 is 16.8 Å². The highest BCUT2D eigenvalue weighted by molar-refractivity contribution is 5.98. The average Bonchev–Trinajstić information content (AvgIpc) is 2.63. The molecule has 0 spiro atoms. The summed E-state index contributed by atoms with van der Waals surface area (Å²) >= 11 is 0. The van der Waals surface area contributed by atoms with Gasteiger partial charge in [-0.25, -0.2) is 4.39 Å². The zero-order valence-corrected chi connectivity index (χ0v) is 12.2. The Bertz CT molecular complexity index is 679. The van der Waals surface area contributed by atoms with Gasteiger partial charge >= 0.3 is 0 Å². The van der Waals surface area contributed by atoms with Gasteiger partial charge in [-0.3, -0.25) is 4.79 Å². The standard InChI is InChI=1S/C16H20FN3O/c1-19-14-5-4-12(17)9-11(14)10-15(19)16(21)20-7-2-3-13(18)6-8-20/h4-5,9-10,13H,2-3,6-8,18H2,1H3. The van der Waals surface area contributed by atoms with Gasteiger partial charge in [0.2, 0.25) is 0 Å². The Morgan fingerprint density at radius 1 is 1.29 bits per heavy atom. The molecule has 1 saturated heterocycles. The van der Waals surface area contributed by atoms with Crippen molar-refractivity contribution in [3.8, 4) is 0 Å². The molecule has 1 unspecified atom stereocenters. The molecule has 1 atom stereocenters. The Hall–Kier alpha value is -1.88. The molecule has 1 fully saturated rings. The van der Waals surface area contributed by atoms with Crippen LogP contribution in [0, 0.1) is 5.82 Å². The molecule has 0 saturated carbocycles. The van der Waals surface area contributed by atoms with Crippen LogP contribution in [-0.2, 0) is 7.05 Å². The van der Waals surface area contributed by atoms with Gasteiger partial charge < -0.3 is 15.2 Å². The average molecular weight is 289 g/mol. The van der Waals surface area contributed by atoms with Gasteiger partial charge in [-0.2, -0.15) is 0 Å². The number of aromatic nitrogens is 1. The van der Waals surface area contributed by atoms with Crippen molar-refractivity contribution in [2.45, 2.75) is 25.3 Å². The number of aryl methyl sites for hydroxylation is 1. The molecule has 0 aliphatic carbocycles. The summed E-state index contributed by atoms with van der Waals surface area (Å²) in [5.74, 6) is -0.281. The summed E-state index contributed by atoms with van der Waals surface area (Å²) in [7, 11) is 1.84. The first kappa shape index (κ1) is 14.1. The van der Waals surface area contributed by atoms with Crippen LogP contribution < -0.4 is 5.73 Å². The van der Waals surface area contributed by atoms with Crippen LogP contribution in [0.5, 0.6) is 0 Å². The summed E-state index contributed by atoms with van der Waals surface area (Å²) in [5.41, 5.74) is 7.43. The molecule has 0 radical (unpaired) electrons. The van der Waals surface area contributed by atoms with Crippen molar-refractivity contribution in [3.63, 3.8) is 0 Å². The Kier molecular flexibility index (Phi) is 3.68. The van der Waals surface area contributed by atoms with Crippen LogP contribution >= 0.6 is 0 Å². The quantitative estimate of drug-likeness (QED) is 0.875. The molecule has 5 heteroatoms. The summed E-state index contributed by atoms with van der Waals surface area (Å²) in [6.07, 6.45) is 2.74. The van der Waals surface area contributed by atoms with Crippen molar-refractivity contribution < 1.29 is 9.18 Å². The second-order valence-corrected chi connectivity index (χ2v) is 5.77. The molecule has 112 valence electrons. The molecule has 2 aromatic rings. The number of amides is 1. The third kappa shape index (κ3) is 2.65. The molecule has 2 N–H and O–H groups in total. The maximum Gasteiger partial charge on any atom is 0.270 e. The van der Waals surface area contributed by atoms with Crippen molar-refractivity contribution in [2.24, 2.45) is 12.8 Å². The zero-order chi connectivity index (χ0) is 15.0. The molecular weight excluding hydrogens is 269 g/mol. The van der Waals surface area contributed by atoms with E-state index in [-0.39, 0.29) is 17.8 Å². The lowest BCUT2D eigenvalue weighted by atomic mass is 10.1. The highest BCUT2D eigenvalue weighted by atomic mass is 19.1. The Labute approximate surface area is 123 Å². The zero-order valence-electron chi connectivity index (χ0n) is 12.2. The first-order valence-corrected chi connectivity index (χ1v) is 7.36. The summed E-state index contributed by atoms with van der Waals surface area (Å²) < 4.78 is 15.1. The van der Waals surface area contributed by atoms with E-state index in [1.54, 1.807) is 12.1 Å². The molecule has 1 aliphatic heterocycles. The SMILES string of the molecule is Cn1c(C(=O)N2CCCC(N)CC2)cc2cc(F)ccc21.